The van der Waals surface area contributed by atoms with Crippen molar-refractivity contribution in [2.45, 2.75) is 13.3 Å². The molecule has 0 spiro atoms. The van der Waals surface area contributed by atoms with Gasteiger partial charge in [0.25, 0.3) is 0 Å². The van der Waals surface area contributed by atoms with Crippen LogP contribution in [0.3, 0.4) is 0 Å². The van der Waals surface area contributed by atoms with E-state index in [1.165, 1.54) is 18.2 Å². The zero-order valence-electron chi connectivity index (χ0n) is 11.4. The zero-order chi connectivity index (χ0) is 15.4. The molecule has 2 N–H and O–H groups in total. The van der Waals surface area contributed by atoms with Crippen LogP contribution in [0.25, 0.3) is 0 Å². The van der Waals surface area contributed by atoms with E-state index in [1.54, 1.807) is 31.2 Å². The van der Waals surface area contributed by atoms with Crippen molar-refractivity contribution in [1.82, 2.24) is 0 Å². The topological polar surface area (TPSA) is 66.4 Å². The summed E-state index contributed by atoms with van der Waals surface area (Å²) in [6.45, 7) is 1.65. The number of aromatic carboxylic acids is 1. The number of amides is 1. The summed E-state index contributed by atoms with van der Waals surface area (Å²) in [6, 6.07) is 10.6. The number of anilines is 1. The smallest absolute Gasteiger partial charge is 0.335 e. The van der Waals surface area contributed by atoms with Crippen molar-refractivity contribution in [3.63, 3.8) is 0 Å². The quantitative estimate of drug-likeness (QED) is 0.908. The van der Waals surface area contributed by atoms with Gasteiger partial charge in [0.2, 0.25) is 5.91 Å². The Kier molecular flexibility index (Phi) is 4.33. The molecule has 4 nitrogen and oxygen atoms in total. The van der Waals surface area contributed by atoms with Gasteiger partial charge < -0.3 is 10.4 Å². The Morgan fingerprint density at radius 1 is 1.19 bits per heavy atom. The molecule has 0 saturated heterocycles. The van der Waals surface area contributed by atoms with Crippen molar-refractivity contribution in [2.75, 3.05) is 5.32 Å². The molecule has 0 saturated carbocycles. The summed E-state index contributed by atoms with van der Waals surface area (Å²) in [6.07, 6.45) is -0.0770. The van der Waals surface area contributed by atoms with Gasteiger partial charge in [-0.25, -0.2) is 9.18 Å². The molecule has 0 aliphatic rings. The molecule has 0 aromatic heterocycles. The van der Waals surface area contributed by atoms with Crippen molar-refractivity contribution in [3.8, 4) is 0 Å². The Balaban J connectivity index is 2.08. The van der Waals surface area contributed by atoms with Crippen molar-refractivity contribution in [3.05, 3.63) is 65.0 Å². The molecule has 0 heterocycles. The standard InChI is InChI=1S/C16H14FNO3/c1-10-8-12(6-7-13(10)16(20)21)18-15(19)9-11-4-2-3-5-14(11)17/h2-8H,9H2,1H3,(H,18,19)(H,20,21). The Hall–Kier alpha value is -2.69. The first kappa shape index (κ1) is 14.7. The lowest BCUT2D eigenvalue weighted by Crippen LogP contribution is -2.15. The lowest BCUT2D eigenvalue weighted by Gasteiger charge is -2.08. The summed E-state index contributed by atoms with van der Waals surface area (Å²) in [5, 5.41) is 11.6. The highest BCUT2D eigenvalue weighted by Crippen LogP contribution is 2.16. The van der Waals surface area contributed by atoms with E-state index < -0.39 is 11.8 Å². The Labute approximate surface area is 121 Å². The molecule has 0 aliphatic carbocycles. The van der Waals surface area contributed by atoms with Gasteiger partial charge in [-0.15, -0.1) is 0 Å². The van der Waals surface area contributed by atoms with Crippen molar-refractivity contribution < 1.29 is 19.1 Å². The van der Waals surface area contributed by atoms with E-state index in [-0.39, 0.29) is 17.9 Å². The van der Waals surface area contributed by atoms with Crippen LogP contribution in [0.2, 0.25) is 0 Å². The average Bonchev–Trinajstić information content (AvgIpc) is 2.41. The predicted molar refractivity (Wildman–Crippen MR) is 76.9 cm³/mol. The third-order valence-corrected chi connectivity index (χ3v) is 3.05. The number of carbonyl (C=O) groups excluding carboxylic acids is 1. The first-order valence-corrected chi connectivity index (χ1v) is 6.34. The van der Waals surface area contributed by atoms with Gasteiger partial charge in [0.05, 0.1) is 12.0 Å². The molecular formula is C16H14FNO3. The molecule has 108 valence electrons. The monoisotopic (exact) mass is 287 g/mol. The third-order valence-electron chi connectivity index (χ3n) is 3.05. The summed E-state index contributed by atoms with van der Waals surface area (Å²) in [5.41, 5.74) is 1.53. The van der Waals surface area contributed by atoms with E-state index in [1.807, 2.05) is 0 Å². The molecule has 2 aromatic carbocycles. The molecule has 1 amide bonds. The minimum Gasteiger partial charge on any atom is -0.478 e. The first-order chi connectivity index (χ1) is 9.97. The van der Waals surface area contributed by atoms with Gasteiger partial charge in [-0.05, 0) is 42.3 Å². The molecule has 0 fully saturated rings. The maximum atomic E-state index is 13.4. The maximum absolute atomic E-state index is 13.4. The number of carboxylic acids is 1. The van der Waals surface area contributed by atoms with Crippen LogP contribution >= 0.6 is 0 Å². The maximum Gasteiger partial charge on any atom is 0.335 e. The molecule has 0 radical (unpaired) electrons. The lowest BCUT2D eigenvalue weighted by atomic mass is 10.1. The average molecular weight is 287 g/mol. The van der Waals surface area contributed by atoms with Crippen molar-refractivity contribution in [1.29, 1.82) is 0 Å². The van der Waals surface area contributed by atoms with Crippen LogP contribution in [0.1, 0.15) is 21.5 Å². The van der Waals surface area contributed by atoms with Crippen LogP contribution in [0.15, 0.2) is 42.5 Å². The van der Waals surface area contributed by atoms with Crippen LogP contribution in [0.5, 0.6) is 0 Å². The normalized spacial score (nSPS) is 10.2. The van der Waals surface area contributed by atoms with E-state index in [2.05, 4.69) is 5.32 Å². The molecule has 21 heavy (non-hydrogen) atoms. The summed E-state index contributed by atoms with van der Waals surface area (Å²) in [5.74, 6) is -1.80. The second-order valence-electron chi connectivity index (χ2n) is 4.65. The second kappa shape index (κ2) is 6.17. The highest BCUT2D eigenvalue weighted by Gasteiger charge is 2.10. The highest BCUT2D eigenvalue weighted by molar-refractivity contribution is 5.94. The molecular weight excluding hydrogens is 273 g/mol. The minimum absolute atomic E-state index is 0.0770. The molecule has 2 rings (SSSR count). The molecule has 5 heteroatoms. The van der Waals surface area contributed by atoms with Crippen LogP contribution in [0, 0.1) is 12.7 Å². The Bertz CT molecular complexity index is 698. The van der Waals surface area contributed by atoms with Gasteiger partial charge in [0, 0.05) is 5.69 Å². The van der Waals surface area contributed by atoms with E-state index in [9.17, 15) is 14.0 Å². The first-order valence-electron chi connectivity index (χ1n) is 6.34. The fourth-order valence-corrected chi connectivity index (χ4v) is 2.00. The molecule has 0 bridgehead atoms. The zero-order valence-corrected chi connectivity index (χ0v) is 11.4. The molecule has 2 aromatic rings. The number of benzene rings is 2. The Morgan fingerprint density at radius 3 is 2.52 bits per heavy atom. The molecule has 0 aliphatic heterocycles. The second-order valence-corrected chi connectivity index (χ2v) is 4.65. The summed E-state index contributed by atoms with van der Waals surface area (Å²) >= 11 is 0. The summed E-state index contributed by atoms with van der Waals surface area (Å²) < 4.78 is 13.4. The lowest BCUT2D eigenvalue weighted by molar-refractivity contribution is -0.115. The number of hydrogen-bond acceptors (Lipinski definition) is 2. The predicted octanol–water partition coefficient (Wildman–Crippen LogP) is 3.01. The summed E-state index contributed by atoms with van der Waals surface area (Å²) in [7, 11) is 0. The molecule has 0 unspecified atom stereocenters. The van der Waals surface area contributed by atoms with Crippen LogP contribution in [-0.4, -0.2) is 17.0 Å². The molecule has 0 atom stereocenters. The van der Waals surface area contributed by atoms with E-state index in [0.29, 0.717) is 16.8 Å². The van der Waals surface area contributed by atoms with Crippen LogP contribution in [0.4, 0.5) is 10.1 Å². The number of carboxylic acid groups (broad SMARTS) is 1. The number of carbonyl (C=O) groups is 2. The number of nitrogens with one attached hydrogen (secondary N) is 1. The van der Waals surface area contributed by atoms with E-state index >= 15 is 0 Å². The third kappa shape index (κ3) is 3.66. The van der Waals surface area contributed by atoms with E-state index in [4.69, 9.17) is 5.11 Å². The van der Waals surface area contributed by atoms with Crippen molar-refractivity contribution in [2.24, 2.45) is 0 Å². The van der Waals surface area contributed by atoms with Gasteiger partial charge in [0.1, 0.15) is 5.82 Å². The van der Waals surface area contributed by atoms with Gasteiger partial charge >= 0.3 is 5.97 Å². The SMILES string of the molecule is Cc1cc(NC(=O)Cc2ccccc2F)ccc1C(=O)O. The number of hydrogen-bond donors (Lipinski definition) is 2. The van der Waals surface area contributed by atoms with Gasteiger partial charge in [-0.2, -0.15) is 0 Å². The van der Waals surface area contributed by atoms with Crippen LogP contribution < -0.4 is 5.32 Å². The van der Waals surface area contributed by atoms with Gasteiger partial charge in [0.15, 0.2) is 0 Å². The van der Waals surface area contributed by atoms with Crippen molar-refractivity contribution >= 4 is 17.6 Å². The van der Waals surface area contributed by atoms with Gasteiger partial charge in [-0.3, -0.25) is 4.79 Å². The van der Waals surface area contributed by atoms with Crippen LogP contribution in [-0.2, 0) is 11.2 Å². The highest BCUT2D eigenvalue weighted by atomic mass is 19.1. The number of rotatable bonds is 4. The Morgan fingerprint density at radius 2 is 1.90 bits per heavy atom. The fraction of sp³-hybridized carbons (Fsp3) is 0.125. The van der Waals surface area contributed by atoms with E-state index in [0.717, 1.165) is 0 Å². The number of aryl methyl sites for hydroxylation is 1. The number of halogens is 1. The summed E-state index contributed by atoms with van der Waals surface area (Å²) in [4.78, 5) is 22.8. The largest absolute Gasteiger partial charge is 0.478 e. The van der Waals surface area contributed by atoms with Gasteiger partial charge in [-0.1, -0.05) is 18.2 Å². The minimum atomic E-state index is -1.02. The fourth-order valence-electron chi connectivity index (χ4n) is 2.00.